The molecule has 0 rings (SSSR count). The number of amides is 2. The zero-order valence-corrected chi connectivity index (χ0v) is 10.7. The normalized spacial score (nSPS) is 13.9. The van der Waals surface area contributed by atoms with Gasteiger partial charge in [-0.3, -0.25) is 0 Å². The van der Waals surface area contributed by atoms with Crippen LogP contribution in [0.4, 0.5) is 4.79 Å². The number of carboxylic acid groups (broad SMARTS) is 1. The van der Waals surface area contributed by atoms with E-state index in [-0.39, 0.29) is 6.04 Å². The zero-order valence-electron chi connectivity index (χ0n) is 9.91. The quantitative estimate of drug-likeness (QED) is 0.661. The minimum Gasteiger partial charge on any atom is -0.548 e. The fraction of sp³-hybridized carbons (Fsp3) is 0.800. The number of hydrogen-bond donors (Lipinski definition) is 2. The van der Waals surface area contributed by atoms with E-state index < -0.39 is 18.0 Å². The molecule has 0 radical (unpaired) electrons. The zero-order chi connectivity index (χ0) is 12.6. The molecular formula is C10H19N2O3S-. The number of carbonyl (C=O) groups is 2. The van der Waals surface area contributed by atoms with Crippen LogP contribution in [0.2, 0.25) is 0 Å². The summed E-state index contributed by atoms with van der Waals surface area (Å²) < 4.78 is 0. The topological polar surface area (TPSA) is 81.3 Å². The molecule has 94 valence electrons. The summed E-state index contributed by atoms with van der Waals surface area (Å²) in [5.74, 6) is -0.573. The van der Waals surface area contributed by atoms with Crippen LogP contribution in [0.25, 0.3) is 0 Å². The van der Waals surface area contributed by atoms with E-state index in [4.69, 9.17) is 0 Å². The SMILES string of the molecule is CC[C@@H](C)NC(=O)N[C@@H](CCSC)C(=O)[O-]. The summed E-state index contributed by atoms with van der Waals surface area (Å²) in [6, 6.07) is -1.34. The molecule has 0 spiro atoms. The van der Waals surface area contributed by atoms with E-state index in [0.29, 0.717) is 12.2 Å². The number of carboxylic acids is 1. The van der Waals surface area contributed by atoms with Crippen molar-refractivity contribution in [2.75, 3.05) is 12.0 Å². The van der Waals surface area contributed by atoms with Crippen LogP contribution in [0.3, 0.4) is 0 Å². The maximum absolute atomic E-state index is 11.4. The molecule has 0 bridgehead atoms. The van der Waals surface area contributed by atoms with Crippen molar-refractivity contribution in [1.82, 2.24) is 10.6 Å². The van der Waals surface area contributed by atoms with Gasteiger partial charge in [0, 0.05) is 6.04 Å². The third-order valence-corrected chi connectivity index (χ3v) is 2.83. The van der Waals surface area contributed by atoms with E-state index >= 15 is 0 Å². The highest BCUT2D eigenvalue weighted by Gasteiger charge is 2.13. The summed E-state index contributed by atoms with van der Waals surface area (Å²) in [6.45, 7) is 3.80. The fourth-order valence-corrected chi connectivity index (χ4v) is 1.48. The molecule has 5 nitrogen and oxygen atoms in total. The second kappa shape index (κ2) is 8.27. The van der Waals surface area contributed by atoms with Crippen LogP contribution in [0, 0.1) is 0 Å². The summed E-state index contributed by atoms with van der Waals surface area (Å²) in [5, 5.41) is 15.8. The van der Waals surface area contributed by atoms with Crippen molar-refractivity contribution in [3.8, 4) is 0 Å². The van der Waals surface area contributed by atoms with Gasteiger partial charge in [-0.05, 0) is 31.8 Å². The second-order valence-corrected chi connectivity index (χ2v) is 4.57. The van der Waals surface area contributed by atoms with Crippen LogP contribution in [-0.4, -0.2) is 36.1 Å². The highest BCUT2D eigenvalue weighted by Crippen LogP contribution is 2.00. The minimum absolute atomic E-state index is 0.0305. The number of aliphatic carboxylic acids is 1. The number of nitrogens with one attached hydrogen (secondary N) is 2. The molecule has 0 fully saturated rings. The average molecular weight is 247 g/mol. The van der Waals surface area contributed by atoms with Crippen molar-refractivity contribution >= 4 is 23.8 Å². The predicted octanol–water partition coefficient (Wildman–Crippen LogP) is -0.0443. The largest absolute Gasteiger partial charge is 0.548 e. The lowest BCUT2D eigenvalue weighted by atomic mass is 10.2. The molecule has 6 heteroatoms. The summed E-state index contributed by atoms with van der Waals surface area (Å²) >= 11 is 1.53. The van der Waals surface area contributed by atoms with Gasteiger partial charge in [-0.25, -0.2) is 4.79 Å². The third kappa shape index (κ3) is 6.55. The molecule has 0 unspecified atom stereocenters. The lowest BCUT2D eigenvalue weighted by Gasteiger charge is -2.21. The van der Waals surface area contributed by atoms with E-state index in [9.17, 15) is 14.7 Å². The second-order valence-electron chi connectivity index (χ2n) is 3.58. The van der Waals surface area contributed by atoms with Gasteiger partial charge >= 0.3 is 6.03 Å². The van der Waals surface area contributed by atoms with Gasteiger partial charge in [0.25, 0.3) is 0 Å². The maximum atomic E-state index is 11.4. The summed E-state index contributed by atoms with van der Waals surface area (Å²) in [7, 11) is 0. The van der Waals surface area contributed by atoms with Crippen molar-refractivity contribution in [3.63, 3.8) is 0 Å². The van der Waals surface area contributed by atoms with Gasteiger partial charge in [-0.2, -0.15) is 11.8 Å². The number of urea groups is 1. The lowest BCUT2D eigenvalue weighted by Crippen LogP contribution is -2.52. The molecular weight excluding hydrogens is 228 g/mol. The Morgan fingerprint density at radius 3 is 2.44 bits per heavy atom. The molecule has 0 saturated heterocycles. The molecule has 2 atom stereocenters. The van der Waals surface area contributed by atoms with E-state index in [1.165, 1.54) is 11.8 Å². The number of carbonyl (C=O) groups excluding carboxylic acids is 2. The van der Waals surface area contributed by atoms with Crippen molar-refractivity contribution in [3.05, 3.63) is 0 Å². The van der Waals surface area contributed by atoms with Crippen LogP contribution < -0.4 is 15.7 Å². The highest BCUT2D eigenvalue weighted by molar-refractivity contribution is 7.98. The first-order valence-corrected chi connectivity index (χ1v) is 6.67. The molecule has 16 heavy (non-hydrogen) atoms. The Morgan fingerprint density at radius 2 is 2.00 bits per heavy atom. The average Bonchev–Trinajstić information content (AvgIpc) is 2.23. The smallest absolute Gasteiger partial charge is 0.315 e. The summed E-state index contributed by atoms with van der Waals surface area (Å²) in [4.78, 5) is 22.1. The van der Waals surface area contributed by atoms with Crippen molar-refractivity contribution < 1.29 is 14.7 Å². The van der Waals surface area contributed by atoms with E-state index in [0.717, 1.165) is 6.42 Å². The van der Waals surface area contributed by atoms with Gasteiger partial charge in [-0.1, -0.05) is 6.92 Å². The van der Waals surface area contributed by atoms with Crippen LogP contribution in [0.5, 0.6) is 0 Å². The first kappa shape index (κ1) is 15.1. The Hall–Kier alpha value is -0.910. The van der Waals surface area contributed by atoms with E-state index in [1.54, 1.807) is 0 Å². The fourth-order valence-electron chi connectivity index (χ4n) is 1.01. The molecule has 0 saturated carbocycles. The Bertz CT molecular complexity index is 236. The molecule has 2 N–H and O–H groups in total. The lowest BCUT2D eigenvalue weighted by molar-refractivity contribution is -0.308. The van der Waals surface area contributed by atoms with Crippen LogP contribution in [0.15, 0.2) is 0 Å². The standard InChI is InChI=1S/C10H20N2O3S/c1-4-7(2)11-10(15)12-8(9(13)14)5-6-16-3/h7-8H,4-6H2,1-3H3,(H,13,14)(H2,11,12,15)/p-1/t7-,8+/m1/s1. The molecule has 0 aliphatic carbocycles. The minimum atomic E-state index is -1.24. The summed E-state index contributed by atoms with van der Waals surface area (Å²) in [5.41, 5.74) is 0. The number of rotatable bonds is 7. The van der Waals surface area contributed by atoms with Gasteiger partial charge in [0.2, 0.25) is 0 Å². The maximum Gasteiger partial charge on any atom is 0.315 e. The molecule has 0 aromatic carbocycles. The van der Waals surface area contributed by atoms with Crippen molar-refractivity contribution in [2.45, 2.75) is 38.8 Å². The van der Waals surface area contributed by atoms with Crippen molar-refractivity contribution in [2.24, 2.45) is 0 Å². The van der Waals surface area contributed by atoms with Gasteiger partial charge in [0.15, 0.2) is 0 Å². The monoisotopic (exact) mass is 247 g/mol. The van der Waals surface area contributed by atoms with Crippen molar-refractivity contribution in [1.29, 1.82) is 0 Å². The highest BCUT2D eigenvalue weighted by atomic mass is 32.2. The molecule has 0 aromatic heterocycles. The van der Waals surface area contributed by atoms with E-state index in [1.807, 2.05) is 20.1 Å². The van der Waals surface area contributed by atoms with Crippen LogP contribution >= 0.6 is 11.8 Å². The van der Waals surface area contributed by atoms with Gasteiger partial charge in [-0.15, -0.1) is 0 Å². The van der Waals surface area contributed by atoms with Crippen LogP contribution in [0.1, 0.15) is 26.7 Å². The predicted molar refractivity (Wildman–Crippen MR) is 63.2 cm³/mol. The number of hydrogen-bond acceptors (Lipinski definition) is 4. The first-order valence-electron chi connectivity index (χ1n) is 5.28. The van der Waals surface area contributed by atoms with E-state index in [2.05, 4.69) is 10.6 Å². The molecule has 0 aliphatic heterocycles. The Morgan fingerprint density at radius 1 is 1.38 bits per heavy atom. The summed E-state index contributed by atoms with van der Waals surface area (Å²) in [6.07, 6.45) is 3.05. The first-order chi connectivity index (χ1) is 7.51. The number of thioether (sulfide) groups is 1. The molecule has 0 aliphatic rings. The molecule has 0 heterocycles. The van der Waals surface area contributed by atoms with Gasteiger partial charge in [0.1, 0.15) is 0 Å². The Kier molecular flexibility index (Phi) is 7.80. The molecule has 0 aromatic rings. The van der Waals surface area contributed by atoms with Gasteiger partial charge < -0.3 is 20.5 Å². The van der Waals surface area contributed by atoms with Crippen LogP contribution in [-0.2, 0) is 4.79 Å². The Labute approximate surface area is 100 Å². The van der Waals surface area contributed by atoms with Gasteiger partial charge in [0.05, 0.1) is 12.0 Å². The third-order valence-electron chi connectivity index (χ3n) is 2.19. The molecule has 2 amide bonds. The Balaban J connectivity index is 4.07.